The fourth-order valence-electron chi connectivity index (χ4n) is 3.03. The molecule has 0 aliphatic carbocycles. The number of aryl methyl sites for hydroxylation is 1. The molecule has 0 atom stereocenters. The molecule has 0 radical (unpaired) electrons. The van der Waals surface area contributed by atoms with Crippen LogP contribution in [0.4, 0.5) is 5.69 Å². The summed E-state index contributed by atoms with van der Waals surface area (Å²) in [5, 5.41) is 14.9. The van der Waals surface area contributed by atoms with Crippen LogP contribution in [0.3, 0.4) is 0 Å². The van der Waals surface area contributed by atoms with Crippen molar-refractivity contribution in [1.29, 1.82) is 0 Å². The van der Waals surface area contributed by atoms with E-state index in [1.54, 1.807) is 6.33 Å². The average molecular weight is 431 g/mol. The normalized spacial score (nSPS) is 13.9. The molecule has 1 aromatic carbocycles. The Labute approximate surface area is 184 Å². The summed E-state index contributed by atoms with van der Waals surface area (Å²) in [7, 11) is 0. The number of benzene rings is 1. The van der Waals surface area contributed by atoms with Gasteiger partial charge in [-0.05, 0) is 31.4 Å². The number of hydrogen-bond acceptors (Lipinski definition) is 6. The van der Waals surface area contributed by atoms with Crippen LogP contribution in [0.15, 0.2) is 29.5 Å². The summed E-state index contributed by atoms with van der Waals surface area (Å²) in [5.41, 5.74) is 0.878. The minimum atomic E-state index is 0.428. The largest absolute Gasteiger partial charge is 0.490 e. The molecule has 0 fully saturated rings. The van der Waals surface area contributed by atoms with E-state index in [-0.39, 0.29) is 0 Å². The topological polar surface area (TPSA) is 94.8 Å². The summed E-state index contributed by atoms with van der Waals surface area (Å²) >= 11 is 0. The van der Waals surface area contributed by atoms with E-state index < -0.39 is 0 Å². The van der Waals surface area contributed by atoms with Crippen molar-refractivity contribution in [2.45, 2.75) is 46.7 Å². The number of fused-ring (bicyclic) bond motifs is 1. The molecule has 0 spiro atoms. The van der Waals surface area contributed by atoms with Gasteiger partial charge in [-0.3, -0.25) is 0 Å². The summed E-state index contributed by atoms with van der Waals surface area (Å²) in [6.07, 6.45) is 3.49. The summed E-state index contributed by atoms with van der Waals surface area (Å²) in [4.78, 5) is 4.70. The predicted molar refractivity (Wildman–Crippen MR) is 121 cm³/mol. The Morgan fingerprint density at radius 1 is 1.26 bits per heavy atom. The summed E-state index contributed by atoms with van der Waals surface area (Å²) < 4.78 is 19.2. The second kappa shape index (κ2) is 12.1. The molecule has 1 aromatic heterocycles. The molecule has 2 aromatic rings. The number of aliphatic imine (C=N–C) groups is 1. The second-order valence-electron chi connectivity index (χ2n) is 7.78. The van der Waals surface area contributed by atoms with Crippen molar-refractivity contribution >= 4 is 11.6 Å². The molecule has 31 heavy (non-hydrogen) atoms. The van der Waals surface area contributed by atoms with Gasteiger partial charge in [0.15, 0.2) is 23.3 Å². The molecule has 1 aliphatic rings. The van der Waals surface area contributed by atoms with Crippen LogP contribution in [0.1, 0.15) is 39.4 Å². The monoisotopic (exact) mass is 430 g/mol. The van der Waals surface area contributed by atoms with Crippen molar-refractivity contribution < 1.29 is 14.2 Å². The molecule has 9 nitrogen and oxygen atoms in total. The lowest BCUT2D eigenvalue weighted by Gasteiger charge is -2.15. The molecule has 2 N–H and O–H groups in total. The third-order valence-electron chi connectivity index (χ3n) is 4.63. The third kappa shape index (κ3) is 7.43. The van der Waals surface area contributed by atoms with Gasteiger partial charge in [0.05, 0.1) is 13.2 Å². The zero-order chi connectivity index (χ0) is 21.9. The number of nitrogens with zero attached hydrogens (tertiary/aromatic N) is 4. The van der Waals surface area contributed by atoms with Crippen molar-refractivity contribution in [2.75, 3.05) is 38.3 Å². The van der Waals surface area contributed by atoms with Crippen LogP contribution >= 0.6 is 0 Å². The van der Waals surface area contributed by atoms with Crippen LogP contribution in [-0.4, -0.2) is 53.7 Å². The van der Waals surface area contributed by atoms with E-state index in [1.807, 2.05) is 22.8 Å². The SMILES string of the molecule is CCn1cnnc1CN=C(NCCCOCC(C)C)Nc1ccc2c(c1)OCCCO2. The Balaban J connectivity index is 1.63. The van der Waals surface area contributed by atoms with Crippen molar-refractivity contribution in [3.63, 3.8) is 0 Å². The molecule has 9 heteroatoms. The molecular weight excluding hydrogens is 396 g/mol. The Morgan fingerprint density at radius 2 is 2.10 bits per heavy atom. The highest BCUT2D eigenvalue weighted by molar-refractivity contribution is 5.93. The maximum atomic E-state index is 5.80. The number of nitrogens with one attached hydrogen (secondary N) is 2. The first-order chi connectivity index (χ1) is 15.2. The smallest absolute Gasteiger partial charge is 0.196 e. The second-order valence-corrected chi connectivity index (χ2v) is 7.78. The van der Waals surface area contributed by atoms with E-state index in [9.17, 15) is 0 Å². The number of ether oxygens (including phenoxy) is 3. The van der Waals surface area contributed by atoms with Gasteiger partial charge in [0.2, 0.25) is 0 Å². The fraction of sp³-hybridized carbons (Fsp3) is 0.591. The third-order valence-corrected chi connectivity index (χ3v) is 4.63. The van der Waals surface area contributed by atoms with E-state index in [4.69, 9.17) is 19.2 Å². The maximum Gasteiger partial charge on any atom is 0.196 e. The van der Waals surface area contributed by atoms with E-state index in [0.29, 0.717) is 38.2 Å². The predicted octanol–water partition coefficient (Wildman–Crippen LogP) is 3.08. The molecule has 2 heterocycles. The highest BCUT2D eigenvalue weighted by atomic mass is 16.5. The van der Waals surface area contributed by atoms with Crippen LogP contribution in [0, 0.1) is 5.92 Å². The van der Waals surface area contributed by atoms with Gasteiger partial charge in [0.25, 0.3) is 0 Å². The lowest BCUT2D eigenvalue weighted by atomic mass is 10.2. The van der Waals surface area contributed by atoms with Crippen LogP contribution in [0.5, 0.6) is 11.5 Å². The van der Waals surface area contributed by atoms with Gasteiger partial charge in [0, 0.05) is 44.5 Å². The van der Waals surface area contributed by atoms with Gasteiger partial charge in [0.1, 0.15) is 12.9 Å². The quantitative estimate of drug-likeness (QED) is 0.340. The van der Waals surface area contributed by atoms with E-state index in [2.05, 4.69) is 41.6 Å². The molecule has 0 saturated carbocycles. The zero-order valence-corrected chi connectivity index (χ0v) is 18.8. The summed E-state index contributed by atoms with van der Waals surface area (Å²) in [6.45, 7) is 11.2. The average Bonchev–Trinajstić information content (AvgIpc) is 3.09. The van der Waals surface area contributed by atoms with E-state index in [0.717, 1.165) is 55.5 Å². The zero-order valence-electron chi connectivity index (χ0n) is 18.8. The summed E-state index contributed by atoms with van der Waals surface area (Å²) in [5.74, 6) is 3.55. The van der Waals surface area contributed by atoms with Crippen molar-refractivity contribution in [3.05, 3.63) is 30.4 Å². The van der Waals surface area contributed by atoms with Crippen LogP contribution < -0.4 is 20.1 Å². The van der Waals surface area contributed by atoms with E-state index >= 15 is 0 Å². The number of guanidine groups is 1. The van der Waals surface area contributed by atoms with Crippen molar-refractivity contribution in [2.24, 2.45) is 10.9 Å². The molecule has 0 bridgehead atoms. The van der Waals surface area contributed by atoms with Crippen LogP contribution in [-0.2, 0) is 17.8 Å². The lowest BCUT2D eigenvalue weighted by Crippen LogP contribution is -2.32. The first-order valence-corrected chi connectivity index (χ1v) is 11.0. The van der Waals surface area contributed by atoms with Crippen molar-refractivity contribution in [3.8, 4) is 11.5 Å². The van der Waals surface area contributed by atoms with Gasteiger partial charge in [-0.25, -0.2) is 4.99 Å². The van der Waals surface area contributed by atoms with Crippen molar-refractivity contribution in [1.82, 2.24) is 20.1 Å². The van der Waals surface area contributed by atoms with Crippen LogP contribution in [0.25, 0.3) is 0 Å². The van der Waals surface area contributed by atoms with Gasteiger partial charge in [-0.2, -0.15) is 0 Å². The molecule has 170 valence electrons. The molecule has 3 rings (SSSR count). The standard InChI is InChI=1S/C22H34N6O3/c1-4-28-16-25-27-21(28)14-24-22(23-9-5-10-29-15-17(2)3)26-18-7-8-19-20(13-18)31-12-6-11-30-19/h7-8,13,16-17H,4-6,9-12,14-15H2,1-3H3,(H2,23,24,26). The molecule has 0 saturated heterocycles. The number of rotatable bonds is 10. The van der Waals surface area contributed by atoms with Gasteiger partial charge >= 0.3 is 0 Å². The van der Waals surface area contributed by atoms with Gasteiger partial charge in [-0.1, -0.05) is 13.8 Å². The number of hydrogen-bond donors (Lipinski definition) is 2. The number of anilines is 1. The van der Waals surface area contributed by atoms with Gasteiger partial charge in [-0.15, -0.1) is 10.2 Å². The van der Waals surface area contributed by atoms with Crippen LogP contribution in [0.2, 0.25) is 0 Å². The van der Waals surface area contributed by atoms with Gasteiger partial charge < -0.3 is 29.4 Å². The lowest BCUT2D eigenvalue weighted by molar-refractivity contribution is 0.108. The van der Waals surface area contributed by atoms with E-state index in [1.165, 1.54) is 0 Å². The Hall–Kier alpha value is -2.81. The molecule has 0 amide bonds. The first kappa shape index (κ1) is 22.9. The molecular formula is C22H34N6O3. The highest BCUT2D eigenvalue weighted by Gasteiger charge is 2.12. The summed E-state index contributed by atoms with van der Waals surface area (Å²) in [6, 6.07) is 5.83. The molecule has 0 unspecified atom stereocenters. The Kier molecular flexibility index (Phi) is 8.96. The fourth-order valence-corrected chi connectivity index (χ4v) is 3.03. The first-order valence-electron chi connectivity index (χ1n) is 11.0. The maximum absolute atomic E-state index is 5.80. The Bertz CT molecular complexity index is 836. The Morgan fingerprint density at radius 3 is 2.90 bits per heavy atom. The number of aromatic nitrogens is 3. The minimum absolute atomic E-state index is 0.428. The highest BCUT2D eigenvalue weighted by Crippen LogP contribution is 2.32. The molecule has 1 aliphatic heterocycles. The minimum Gasteiger partial charge on any atom is -0.490 e.